The van der Waals surface area contributed by atoms with Crippen LogP contribution in [0.5, 0.6) is 0 Å². The molecule has 0 aromatic heterocycles. The largest absolute Gasteiger partial charge is 0.243 e. The maximum absolute atomic E-state index is 12.9. The fraction of sp³-hybridized carbons (Fsp3) is 0.294. The Bertz CT molecular complexity index is 959. The minimum Gasteiger partial charge on any atom is -0.224 e. The Labute approximate surface area is 153 Å². The predicted molar refractivity (Wildman–Crippen MR) is 96.9 cm³/mol. The monoisotopic (exact) mass is 399 g/mol. The number of halogens is 1. The molecule has 0 N–H and O–H groups in total. The van der Waals surface area contributed by atoms with Crippen LogP contribution in [-0.4, -0.2) is 39.5 Å². The van der Waals surface area contributed by atoms with Gasteiger partial charge in [0.1, 0.15) is 0 Å². The summed E-state index contributed by atoms with van der Waals surface area (Å²) in [5.41, 5.74) is 0. The molecule has 1 heterocycles. The van der Waals surface area contributed by atoms with Gasteiger partial charge in [0.15, 0.2) is 9.84 Å². The second-order valence-electron chi connectivity index (χ2n) is 5.96. The van der Waals surface area contributed by atoms with Crippen LogP contribution in [0.25, 0.3) is 0 Å². The second kappa shape index (κ2) is 7.07. The zero-order chi connectivity index (χ0) is 18.1. The lowest BCUT2D eigenvalue weighted by molar-refractivity contribution is 0.408. The fourth-order valence-corrected chi connectivity index (χ4v) is 6.74. The number of rotatable bonds is 5. The van der Waals surface area contributed by atoms with E-state index in [2.05, 4.69) is 0 Å². The fourth-order valence-electron chi connectivity index (χ4n) is 3.03. The molecule has 1 unspecified atom stereocenters. The molecule has 2 aromatic carbocycles. The normalized spacial score (nSPS) is 19.2. The van der Waals surface area contributed by atoms with Crippen LogP contribution < -0.4 is 0 Å². The van der Waals surface area contributed by atoms with Crippen molar-refractivity contribution >= 4 is 31.5 Å². The first-order valence-corrected chi connectivity index (χ1v) is 11.3. The van der Waals surface area contributed by atoms with Gasteiger partial charge in [-0.15, -0.1) is 0 Å². The zero-order valence-electron chi connectivity index (χ0n) is 13.4. The molecule has 25 heavy (non-hydrogen) atoms. The minimum atomic E-state index is -3.78. The highest BCUT2D eigenvalue weighted by Gasteiger charge is 2.38. The zero-order valence-corrected chi connectivity index (χ0v) is 15.8. The van der Waals surface area contributed by atoms with Gasteiger partial charge in [0.25, 0.3) is 0 Å². The molecule has 0 spiro atoms. The van der Waals surface area contributed by atoms with Crippen LogP contribution in [0.15, 0.2) is 64.4 Å². The van der Waals surface area contributed by atoms with Crippen LogP contribution in [-0.2, 0) is 19.9 Å². The van der Waals surface area contributed by atoms with Crippen LogP contribution in [0.2, 0.25) is 5.02 Å². The standard InChI is InChI=1S/C17H18ClNO4S2/c18-14-6-4-10-17(12-14)25(22,23)19-11-5-7-15(19)13-24(20,21)16-8-2-1-3-9-16/h1-4,6,8-10,12,15H,5,7,11,13H2. The van der Waals surface area contributed by atoms with Crippen molar-refractivity contribution in [3.05, 3.63) is 59.6 Å². The smallest absolute Gasteiger partial charge is 0.224 e. The number of nitrogens with zero attached hydrogens (tertiary/aromatic N) is 1. The molecule has 3 rings (SSSR count). The molecule has 2 aromatic rings. The number of sulfone groups is 1. The van der Waals surface area contributed by atoms with E-state index in [9.17, 15) is 16.8 Å². The van der Waals surface area contributed by atoms with Gasteiger partial charge in [0, 0.05) is 17.6 Å². The summed E-state index contributed by atoms with van der Waals surface area (Å²) >= 11 is 5.90. The summed E-state index contributed by atoms with van der Waals surface area (Å²) in [6.07, 6.45) is 1.15. The van der Waals surface area contributed by atoms with Crippen molar-refractivity contribution in [2.75, 3.05) is 12.3 Å². The van der Waals surface area contributed by atoms with Crippen LogP contribution >= 0.6 is 11.6 Å². The van der Waals surface area contributed by atoms with Crippen molar-refractivity contribution in [2.45, 2.75) is 28.7 Å². The second-order valence-corrected chi connectivity index (χ2v) is 10.3. The molecule has 1 atom stereocenters. The predicted octanol–water partition coefficient (Wildman–Crippen LogP) is 2.97. The van der Waals surface area contributed by atoms with E-state index in [-0.39, 0.29) is 15.5 Å². The van der Waals surface area contributed by atoms with E-state index in [1.807, 2.05) is 0 Å². The lowest BCUT2D eigenvalue weighted by Crippen LogP contribution is -2.39. The van der Waals surface area contributed by atoms with Crippen molar-refractivity contribution in [3.63, 3.8) is 0 Å². The third kappa shape index (κ3) is 3.89. The van der Waals surface area contributed by atoms with E-state index in [1.165, 1.54) is 28.6 Å². The van der Waals surface area contributed by atoms with Crippen molar-refractivity contribution < 1.29 is 16.8 Å². The van der Waals surface area contributed by atoms with E-state index >= 15 is 0 Å². The van der Waals surface area contributed by atoms with Gasteiger partial charge in [-0.1, -0.05) is 35.9 Å². The summed E-state index contributed by atoms with van der Waals surface area (Å²) in [6, 6.07) is 13.6. The van der Waals surface area contributed by atoms with Crippen molar-refractivity contribution in [3.8, 4) is 0 Å². The molecule has 0 bridgehead atoms. The van der Waals surface area contributed by atoms with Gasteiger partial charge >= 0.3 is 0 Å². The van der Waals surface area contributed by atoms with Crippen LogP contribution in [0.1, 0.15) is 12.8 Å². The van der Waals surface area contributed by atoms with E-state index in [1.54, 1.807) is 30.3 Å². The third-order valence-corrected chi connectivity index (χ3v) is 8.24. The maximum atomic E-state index is 12.9. The summed E-state index contributed by atoms with van der Waals surface area (Å²) in [6.45, 7) is 0.309. The van der Waals surface area contributed by atoms with E-state index in [0.29, 0.717) is 24.4 Å². The number of benzene rings is 2. The minimum absolute atomic E-state index is 0.0870. The average molecular weight is 400 g/mol. The molecular weight excluding hydrogens is 382 g/mol. The summed E-state index contributed by atoms with van der Waals surface area (Å²) < 4.78 is 52.3. The number of hydrogen-bond acceptors (Lipinski definition) is 4. The highest BCUT2D eigenvalue weighted by molar-refractivity contribution is 7.91. The Hall–Kier alpha value is -1.41. The summed E-state index contributed by atoms with van der Waals surface area (Å²) in [7, 11) is -7.34. The van der Waals surface area contributed by atoms with Crippen LogP contribution in [0, 0.1) is 0 Å². The van der Waals surface area contributed by atoms with Gasteiger partial charge in [-0.05, 0) is 43.2 Å². The number of sulfonamides is 1. The van der Waals surface area contributed by atoms with Gasteiger partial charge in [0.05, 0.1) is 15.5 Å². The Morgan fingerprint density at radius 1 is 0.960 bits per heavy atom. The van der Waals surface area contributed by atoms with E-state index in [4.69, 9.17) is 11.6 Å². The molecule has 0 radical (unpaired) electrons. The Morgan fingerprint density at radius 3 is 2.32 bits per heavy atom. The Morgan fingerprint density at radius 2 is 1.64 bits per heavy atom. The first kappa shape index (κ1) is 18.4. The molecule has 0 saturated carbocycles. The molecule has 1 aliphatic rings. The SMILES string of the molecule is O=S(=O)(CC1CCCN1S(=O)(=O)c1cccc(Cl)c1)c1ccccc1. The number of hydrogen-bond donors (Lipinski definition) is 0. The van der Waals surface area contributed by atoms with Crippen LogP contribution in [0.3, 0.4) is 0 Å². The molecule has 1 saturated heterocycles. The van der Waals surface area contributed by atoms with E-state index < -0.39 is 25.9 Å². The summed E-state index contributed by atoms with van der Waals surface area (Å²) in [5, 5.41) is 0.328. The molecule has 134 valence electrons. The van der Waals surface area contributed by atoms with Gasteiger partial charge in [-0.3, -0.25) is 0 Å². The lowest BCUT2D eigenvalue weighted by atomic mass is 10.3. The molecular formula is C17H18ClNO4S2. The maximum Gasteiger partial charge on any atom is 0.243 e. The quantitative estimate of drug-likeness (QED) is 0.774. The summed E-state index contributed by atoms with van der Waals surface area (Å²) in [4.78, 5) is 0.297. The van der Waals surface area contributed by atoms with Gasteiger partial charge < -0.3 is 0 Å². The average Bonchev–Trinajstić information content (AvgIpc) is 3.04. The molecule has 1 aliphatic heterocycles. The molecule has 0 amide bonds. The van der Waals surface area contributed by atoms with Crippen molar-refractivity contribution in [1.82, 2.24) is 4.31 Å². The Kier molecular flexibility index (Phi) is 5.20. The van der Waals surface area contributed by atoms with Gasteiger partial charge in [0.2, 0.25) is 10.0 Å². The summed E-state index contributed by atoms with van der Waals surface area (Å²) in [5.74, 6) is -0.225. The lowest BCUT2D eigenvalue weighted by Gasteiger charge is -2.24. The van der Waals surface area contributed by atoms with Crippen LogP contribution in [0.4, 0.5) is 0 Å². The first-order chi connectivity index (χ1) is 11.8. The Balaban J connectivity index is 1.88. The highest BCUT2D eigenvalue weighted by Crippen LogP contribution is 2.29. The third-order valence-electron chi connectivity index (χ3n) is 4.24. The molecule has 1 fully saturated rings. The van der Waals surface area contributed by atoms with Crippen molar-refractivity contribution in [2.24, 2.45) is 0 Å². The topological polar surface area (TPSA) is 71.5 Å². The molecule has 0 aliphatic carbocycles. The van der Waals surface area contributed by atoms with Gasteiger partial charge in [-0.2, -0.15) is 4.31 Å². The highest BCUT2D eigenvalue weighted by atomic mass is 35.5. The van der Waals surface area contributed by atoms with Gasteiger partial charge in [-0.25, -0.2) is 16.8 Å². The molecule has 8 heteroatoms. The van der Waals surface area contributed by atoms with E-state index in [0.717, 1.165) is 0 Å². The first-order valence-electron chi connectivity index (χ1n) is 7.86. The van der Waals surface area contributed by atoms with Crippen molar-refractivity contribution in [1.29, 1.82) is 0 Å². The molecule has 5 nitrogen and oxygen atoms in total.